The fourth-order valence-corrected chi connectivity index (χ4v) is 2.83. The molecule has 0 aliphatic heterocycles. The van der Waals surface area contributed by atoms with Crippen molar-refractivity contribution < 1.29 is 4.79 Å². The van der Waals surface area contributed by atoms with E-state index in [1.54, 1.807) is 6.07 Å². The number of aromatic nitrogens is 2. The number of carbonyl (C=O) groups excluding carboxylic acids is 1. The summed E-state index contributed by atoms with van der Waals surface area (Å²) >= 11 is 0. The fraction of sp³-hybridized carbons (Fsp3) is 0.250. The molecule has 1 amide bonds. The molecule has 0 saturated carbocycles. The predicted molar refractivity (Wildman–Crippen MR) is 98.4 cm³/mol. The lowest BCUT2D eigenvalue weighted by Crippen LogP contribution is -2.34. The van der Waals surface area contributed by atoms with Crippen molar-refractivity contribution in [2.24, 2.45) is 0 Å². The van der Waals surface area contributed by atoms with Crippen molar-refractivity contribution in [3.8, 4) is 0 Å². The minimum absolute atomic E-state index is 0.0285. The van der Waals surface area contributed by atoms with Crippen molar-refractivity contribution in [1.82, 2.24) is 14.9 Å². The van der Waals surface area contributed by atoms with Gasteiger partial charge in [0.05, 0.1) is 23.3 Å². The van der Waals surface area contributed by atoms with Gasteiger partial charge >= 0.3 is 0 Å². The summed E-state index contributed by atoms with van der Waals surface area (Å²) in [5.74, 6) is -0.203. The number of hydrogen-bond acceptors (Lipinski definition) is 3. The Morgan fingerprint density at radius 2 is 1.88 bits per heavy atom. The van der Waals surface area contributed by atoms with Gasteiger partial charge in [-0.3, -0.25) is 14.2 Å². The number of fused-ring (bicyclic) bond motifs is 1. The van der Waals surface area contributed by atoms with Crippen molar-refractivity contribution in [2.45, 2.75) is 32.9 Å². The van der Waals surface area contributed by atoms with E-state index < -0.39 is 0 Å². The second kappa shape index (κ2) is 7.30. The van der Waals surface area contributed by atoms with Crippen LogP contribution in [-0.4, -0.2) is 15.5 Å². The monoisotopic (exact) mass is 335 g/mol. The first kappa shape index (κ1) is 16.9. The van der Waals surface area contributed by atoms with E-state index in [0.717, 1.165) is 12.0 Å². The number of rotatable bonds is 5. The zero-order valence-electron chi connectivity index (χ0n) is 14.4. The molecule has 0 fully saturated rings. The van der Waals surface area contributed by atoms with E-state index >= 15 is 0 Å². The third-order valence-electron chi connectivity index (χ3n) is 4.32. The average Bonchev–Trinajstić information content (AvgIpc) is 2.64. The standard InChI is InChI=1S/C20H21N3O2/c1-3-15-8-10-16(11-9-15)14(2)22-19(24)13-23-18-7-5-4-6-17(18)21-12-20(23)25/h4-12,14H,3,13H2,1-2H3,(H,22,24). The lowest BCUT2D eigenvalue weighted by atomic mass is 10.1. The molecule has 128 valence electrons. The summed E-state index contributed by atoms with van der Waals surface area (Å²) < 4.78 is 1.45. The molecule has 0 radical (unpaired) electrons. The van der Waals surface area contributed by atoms with Crippen LogP contribution in [0.5, 0.6) is 0 Å². The average molecular weight is 335 g/mol. The van der Waals surface area contributed by atoms with Crippen LogP contribution in [-0.2, 0) is 17.8 Å². The van der Waals surface area contributed by atoms with Gasteiger partial charge in [0.15, 0.2) is 0 Å². The van der Waals surface area contributed by atoms with Gasteiger partial charge in [0.25, 0.3) is 5.56 Å². The van der Waals surface area contributed by atoms with E-state index in [1.165, 1.54) is 16.3 Å². The second-order valence-electron chi connectivity index (χ2n) is 6.06. The molecule has 3 aromatic rings. The number of carbonyl (C=O) groups is 1. The molecule has 2 aromatic carbocycles. The van der Waals surface area contributed by atoms with Gasteiger partial charge in [-0.25, -0.2) is 4.98 Å². The van der Waals surface area contributed by atoms with Crippen molar-refractivity contribution >= 4 is 16.9 Å². The van der Waals surface area contributed by atoms with Gasteiger partial charge in [0.1, 0.15) is 6.54 Å². The third kappa shape index (κ3) is 3.76. The molecule has 0 spiro atoms. The zero-order chi connectivity index (χ0) is 17.8. The lowest BCUT2D eigenvalue weighted by Gasteiger charge is -2.16. The number of nitrogens with zero attached hydrogens (tertiary/aromatic N) is 2. The minimum Gasteiger partial charge on any atom is -0.348 e. The Kier molecular flexibility index (Phi) is 4.93. The Morgan fingerprint density at radius 3 is 2.60 bits per heavy atom. The van der Waals surface area contributed by atoms with Gasteiger partial charge < -0.3 is 5.32 Å². The maximum Gasteiger partial charge on any atom is 0.269 e. The molecule has 1 unspecified atom stereocenters. The highest BCUT2D eigenvalue weighted by Gasteiger charge is 2.12. The highest BCUT2D eigenvalue weighted by Crippen LogP contribution is 2.14. The van der Waals surface area contributed by atoms with Crippen molar-refractivity contribution in [1.29, 1.82) is 0 Å². The fourth-order valence-electron chi connectivity index (χ4n) is 2.83. The Bertz CT molecular complexity index is 945. The highest BCUT2D eigenvalue weighted by atomic mass is 16.2. The summed E-state index contributed by atoms with van der Waals surface area (Å²) in [6.07, 6.45) is 2.24. The van der Waals surface area contributed by atoms with E-state index in [0.29, 0.717) is 11.0 Å². The number of para-hydroxylation sites is 2. The molecule has 1 atom stereocenters. The van der Waals surface area contributed by atoms with Crippen molar-refractivity contribution in [3.63, 3.8) is 0 Å². The minimum atomic E-state index is -0.284. The normalized spacial score (nSPS) is 12.1. The van der Waals surface area contributed by atoms with Gasteiger partial charge in [-0.05, 0) is 36.6 Å². The molecule has 0 saturated heterocycles. The summed E-state index contributed by atoms with van der Waals surface area (Å²) in [5, 5.41) is 2.95. The smallest absolute Gasteiger partial charge is 0.269 e. The van der Waals surface area contributed by atoms with Gasteiger partial charge in [-0.1, -0.05) is 43.3 Å². The number of aryl methyl sites for hydroxylation is 1. The molecule has 3 rings (SSSR count). The van der Waals surface area contributed by atoms with Gasteiger partial charge in [0, 0.05) is 0 Å². The van der Waals surface area contributed by atoms with E-state index in [1.807, 2.05) is 37.3 Å². The van der Waals surface area contributed by atoms with E-state index in [-0.39, 0.29) is 24.1 Å². The summed E-state index contributed by atoms with van der Waals surface area (Å²) in [4.78, 5) is 28.6. The van der Waals surface area contributed by atoms with Crippen molar-refractivity contribution in [3.05, 3.63) is 76.2 Å². The first-order chi connectivity index (χ1) is 12.1. The van der Waals surface area contributed by atoms with E-state index in [9.17, 15) is 9.59 Å². The molecular weight excluding hydrogens is 314 g/mol. The maximum absolute atomic E-state index is 12.4. The van der Waals surface area contributed by atoms with Crippen LogP contribution in [0.4, 0.5) is 0 Å². The molecule has 1 heterocycles. The van der Waals surface area contributed by atoms with Crippen LogP contribution >= 0.6 is 0 Å². The molecule has 1 N–H and O–H groups in total. The Hall–Kier alpha value is -2.95. The topological polar surface area (TPSA) is 64.0 Å². The molecule has 0 aliphatic rings. The van der Waals surface area contributed by atoms with Crippen LogP contribution in [0.3, 0.4) is 0 Å². The second-order valence-corrected chi connectivity index (χ2v) is 6.06. The van der Waals surface area contributed by atoms with Crippen molar-refractivity contribution in [2.75, 3.05) is 0 Å². The van der Waals surface area contributed by atoms with Crippen LogP contribution in [0, 0.1) is 0 Å². The SMILES string of the molecule is CCc1ccc(C(C)NC(=O)Cn2c(=O)cnc3ccccc32)cc1. The zero-order valence-corrected chi connectivity index (χ0v) is 14.4. The lowest BCUT2D eigenvalue weighted by molar-refractivity contribution is -0.122. The van der Waals surface area contributed by atoms with Crippen LogP contribution in [0.15, 0.2) is 59.5 Å². The summed E-state index contributed by atoms with van der Waals surface area (Å²) in [7, 11) is 0. The Balaban J connectivity index is 1.76. The molecule has 5 heteroatoms. The Morgan fingerprint density at radius 1 is 1.16 bits per heavy atom. The largest absolute Gasteiger partial charge is 0.348 e. The van der Waals surface area contributed by atoms with Gasteiger partial charge in [0.2, 0.25) is 5.91 Å². The summed E-state index contributed by atoms with van der Waals surface area (Å²) in [5.41, 5.74) is 3.37. The molecule has 0 aliphatic carbocycles. The first-order valence-electron chi connectivity index (χ1n) is 8.41. The molecule has 5 nitrogen and oxygen atoms in total. The first-order valence-corrected chi connectivity index (χ1v) is 8.41. The molecule has 1 aromatic heterocycles. The third-order valence-corrected chi connectivity index (χ3v) is 4.32. The number of benzene rings is 2. The molecule has 0 bridgehead atoms. The quantitative estimate of drug-likeness (QED) is 0.780. The van der Waals surface area contributed by atoms with Gasteiger partial charge in [-0.15, -0.1) is 0 Å². The number of hydrogen-bond donors (Lipinski definition) is 1. The molecular formula is C20H21N3O2. The van der Waals surface area contributed by atoms with Crippen LogP contribution < -0.4 is 10.9 Å². The van der Waals surface area contributed by atoms with Crippen LogP contribution in [0.25, 0.3) is 11.0 Å². The van der Waals surface area contributed by atoms with Gasteiger partial charge in [-0.2, -0.15) is 0 Å². The molecule has 25 heavy (non-hydrogen) atoms. The summed E-state index contributed by atoms with van der Waals surface area (Å²) in [6, 6.07) is 15.4. The van der Waals surface area contributed by atoms with E-state index in [2.05, 4.69) is 29.4 Å². The van der Waals surface area contributed by atoms with Crippen LogP contribution in [0.2, 0.25) is 0 Å². The number of nitrogens with one attached hydrogen (secondary N) is 1. The predicted octanol–water partition coefficient (Wildman–Crippen LogP) is 2.84. The Labute approximate surface area is 146 Å². The van der Waals surface area contributed by atoms with Crippen LogP contribution in [0.1, 0.15) is 31.0 Å². The van der Waals surface area contributed by atoms with E-state index in [4.69, 9.17) is 0 Å². The number of amides is 1. The summed E-state index contributed by atoms with van der Waals surface area (Å²) in [6.45, 7) is 4.02. The highest BCUT2D eigenvalue weighted by molar-refractivity contribution is 5.80. The maximum atomic E-state index is 12.4.